The third-order valence-electron chi connectivity index (χ3n) is 2.63. The zero-order valence-corrected chi connectivity index (χ0v) is 14.0. The summed E-state index contributed by atoms with van der Waals surface area (Å²) in [4.78, 5) is 5.34. The molecule has 0 amide bonds. The summed E-state index contributed by atoms with van der Waals surface area (Å²) >= 11 is 2.75. The van der Waals surface area contributed by atoms with E-state index >= 15 is 0 Å². The molecule has 0 fully saturated rings. The molecule has 110 valence electrons. The molecule has 0 bridgehead atoms. The molecule has 2 heterocycles. The highest BCUT2D eigenvalue weighted by Crippen LogP contribution is 2.29. The van der Waals surface area contributed by atoms with E-state index in [1.54, 1.807) is 0 Å². The molecule has 0 spiro atoms. The number of thiazole rings is 1. The van der Waals surface area contributed by atoms with Gasteiger partial charge in [0, 0.05) is 16.8 Å². The van der Waals surface area contributed by atoms with Gasteiger partial charge >= 0.3 is 0 Å². The van der Waals surface area contributed by atoms with Gasteiger partial charge in [0.05, 0.1) is 5.69 Å². The van der Waals surface area contributed by atoms with Gasteiger partial charge in [0.25, 0.3) is 10.0 Å². The maximum Gasteiger partial charge on any atom is 0.265 e. The Hall–Kier alpha value is -0.960. The molecule has 2 aromatic heterocycles. The molecule has 0 aliphatic rings. The molecule has 0 atom stereocenters. The highest BCUT2D eigenvalue weighted by molar-refractivity contribution is 7.93. The van der Waals surface area contributed by atoms with Crippen LogP contribution in [-0.4, -0.2) is 19.9 Å². The van der Waals surface area contributed by atoms with Crippen molar-refractivity contribution in [3.05, 3.63) is 26.9 Å². The fraction of sp³-hybridized carbons (Fsp3) is 0.417. The number of aryl methyl sites for hydroxylation is 2. The van der Waals surface area contributed by atoms with Crippen LogP contribution in [-0.2, 0) is 16.6 Å². The molecule has 0 saturated carbocycles. The molecule has 2 rings (SSSR count). The number of rotatable bonds is 6. The number of sulfonamides is 1. The van der Waals surface area contributed by atoms with Gasteiger partial charge in [-0.15, -0.1) is 22.7 Å². The predicted molar refractivity (Wildman–Crippen MR) is 84.1 cm³/mol. The number of hydrogen-bond acceptors (Lipinski definition) is 6. The first-order valence-corrected chi connectivity index (χ1v) is 9.41. The summed E-state index contributed by atoms with van der Waals surface area (Å²) in [5.74, 6) is 0. The van der Waals surface area contributed by atoms with Crippen molar-refractivity contribution in [1.82, 2.24) is 10.3 Å². The minimum atomic E-state index is -3.58. The summed E-state index contributed by atoms with van der Waals surface area (Å²) in [6.45, 7) is 7.00. The smallest absolute Gasteiger partial charge is 0.265 e. The molecule has 0 radical (unpaired) electrons. The molecule has 20 heavy (non-hydrogen) atoms. The van der Waals surface area contributed by atoms with Crippen LogP contribution in [0.15, 0.2) is 15.7 Å². The standard InChI is InChI=1S/C12H17N3O2S3/c1-4-13-5-10-11(8(2)6-18-10)20(16,17)15-12-14-9(3)7-19-12/h6-7,13H,4-5H2,1-3H3,(H,14,15). The molecule has 2 aromatic rings. The molecular formula is C12H17N3O2S3. The van der Waals surface area contributed by atoms with E-state index in [0.29, 0.717) is 16.6 Å². The van der Waals surface area contributed by atoms with Crippen LogP contribution >= 0.6 is 22.7 Å². The molecule has 0 saturated heterocycles. The summed E-state index contributed by atoms with van der Waals surface area (Å²) in [5.41, 5.74) is 1.58. The van der Waals surface area contributed by atoms with E-state index in [1.807, 2.05) is 31.5 Å². The molecule has 5 nitrogen and oxygen atoms in total. The summed E-state index contributed by atoms with van der Waals surface area (Å²) < 4.78 is 27.6. The van der Waals surface area contributed by atoms with Crippen molar-refractivity contribution in [1.29, 1.82) is 0 Å². The van der Waals surface area contributed by atoms with Gasteiger partial charge in [0.15, 0.2) is 5.13 Å². The van der Waals surface area contributed by atoms with Crippen LogP contribution in [0.4, 0.5) is 5.13 Å². The summed E-state index contributed by atoms with van der Waals surface area (Å²) in [5, 5.41) is 7.26. The monoisotopic (exact) mass is 331 g/mol. The SMILES string of the molecule is CCNCc1scc(C)c1S(=O)(=O)Nc1nc(C)cs1. The minimum absolute atomic E-state index is 0.372. The normalized spacial score (nSPS) is 11.8. The number of hydrogen-bond donors (Lipinski definition) is 2. The lowest BCUT2D eigenvalue weighted by atomic mass is 10.3. The molecule has 0 unspecified atom stereocenters. The Morgan fingerprint density at radius 3 is 2.60 bits per heavy atom. The number of nitrogens with one attached hydrogen (secondary N) is 2. The Morgan fingerprint density at radius 2 is 2.00 bits per heavy atom. The van der Waals surface area contributed by atoms with E-state index < -0.39 is 10.0 Å². The predicted octanol–water partition coefficient (Wildman–Crippen LogP) is 2.73. The quantitative estimate of drug-likeness (QED) is 0.854. The van der Waals surface area contributed by atoms with E-state index in [-0.39, 0.29) is 0 Å². The fourth-order valence-electron chi connectivity index (χ4n) is 1.78. The number of aromatic nitrogens is 1. The van der Waals surface area contributed by atoms with E-state index in [1.165, 1.54) is 22.7 Å². The topological polar surface area (TPSA) is 71.1 Å². The van der Waals surface area contributed by atoms with Crippen molar-refractivity contribution in [2.75, 3.05) is 11.3 Å². The van der Waals surface area contributed by atoms with Crippen molar-refractivity contribution in [2.45, 2.75) is 32.2 Å². The van der Waals surface area contributed by atoms with Gasteiger partial charge in [-0.2, -0.15) is 0 Å². The Kier molecular flexibility index (Phi) is 4.79. The number of anilines is 1. The Bertz CT molecular complexity index is 689. The van der Waals surface area contributed by atoms with E-state index in [4.69, 9.17) is 0 Å². The van der Waals surface area contributed by atoms with Crippen LogP contribution in [0.2, 0.25) is 0 Å². The average Bonchev–Trinajstić information content (AvgIpc) is 2.93. The van der Waals surface area contributed by atoms with E-state index in [9.17, 15) is 8.42 Å². The van der Waals surface area contributed by atoms with Gasteiger partial charge in [-0.3, -0.25) is 4.72 Å². The first-order chi connectivity index (χ1) is 9.44. The van der Waals surface area contributed by atoms with Crippen LogP contribution in [0.5, 0.6) is 0 Å². The lowest BCUT2D eigenvalue weighted by molar-refractivity contribution is 0.599. The second kappa shape index (κ2) is 6.21. The maximum atomic E-state index is 12.5. The zero-order chi connectivity index (χ0) is 14.8. The maximum absolute atomic E-state index is 12.5. The molecule has 0 aromatic carbocycles. The molecule has 0 aliphatic carbocycles. The third kappa shape index (κ3) is 3.38. The highest BCUT2D eigenvalue weighted by atomic mass is 32.2. The van der Waals surface area contributed by atoms with Crippen LogP contribution in [0.3, 0.4) is 0 Å². The average molecular weight is 331 g/mol. The van der Waals surface area contributed by atoms with Gasteiger partial charge in [0.1, 0.15) is 4.90 Å². The fourth-order valence-corrected chi connectivity index (χ4v) is 5.50. The van der Waals surface area contributed by atoms with Crippen LogP contribution < -0.4 is 10.0 Å². The van der Waals surface area contributed by atoms with Crippen LogP contribution in [0.1, 0.15) is 23.1 Å². The highest BCUT2D eigenvalue weighted by Gasteiger charge is 2.23. The summed E-state index contributed by atoms with van der Waals surface area (Å²) in [6.07, 6.45) is 0. The van der Waals surface area contributed by atoms with Crippen LogP contribution in [0.25, 0.3) is 0 Å². The minimum Gasteiger partial charge on any atom is -0.312 e. The second-order valence-corrected chi connectivity index (χ2v) is 7.79. The van der Waals surface area contributed by atoms with Crippen molar-refractivity contribution in [3.8, 4) is 0 Å². The molecule has 0 aliphatic heterocycles. The summed E-state index contributed by atoms with van der Waals surface area (Å²) in [6, 6.07) is 0. The molecular weight excluding hydrogens is 314 g/mol. The van der Waals surface area contributed by atoms with Gasteiger partial charge < -0.3 is 5.32 Å². The molecule has 8 heteroatoms. The van der Waals surface area contributed by atoms with Gasteiger partial charge in [-0.1, -0.05) is 6.92 Å². The Morgan fingerprint density at radius 1 is 1.25 bits per heavy atom. The van der Waals surface area contributed by atoms with Crippen molar-refractivity contribution in [2.24, 2.45) is 0 Å². The summed E-state index contributed by atoms with van der Waals surface area (Å²) in [7, 11) is -3.58. The lowest BCUT2D eigenvalue weighted by Crippen LogP contribution is -2.18. The van der Waals surface area contributed by atoms with Crippen molar-refractivity contribution >= 4 is 37.8 Å². The largest absolute Gasteiger partial charge is 0.312 e. The molecule has 2 N–H and O–H groups in total. The number of thiophene rings is 1. The van der Waals surface area contributed by atoms with Gasteiger partial charge in [-0.25, -0.2) is 13.4 Å². The first kappa shape index (κ1) is 15.4. The van der Waals surface area contributed by atoms with Crippen molar-refractivity contribution < 1.29 is 8.42 Å². The number of nitrogens with zero attached hydrogens (tertiary/aromatic N) is 1. The second-order valence-electron chi connectivity index (χ2n) is 4.35. The Balaban J connectivity index is 2.31. The van der Waals surface area contributed by atoms with Gasteiger partial charge in [-0.05, 0) is 31.3 Å². The van der Waals surface area contributed by atoms with Crippen LogP contribution in [0, 0.1) is 13.8 Å². The first-order valence-electron chi connectivity index (χ1n) is 6.16. The Labute approximate surface area is 127 Å². The zero-order valence-electron chi connectivity index (χ0n) is 11.6. The third-order valence-corrected chi connectivity index (χ3v) is 6.44. The van der Waals surface area contributed by atoms with Crippen molar-refractivity contribution in [3.63, 3.8) is 0 Å². The van der Waals surface area contributed by atoms with Gasteiger partial charge in [0.2, 0.25) is 0 Å². The van der Waals surface area contributed by atoms with E-state index in [2.05, 4.69) is 15.0 Å². The lowest BCUT2D eigenvalue weighted by Gasteiger charge is -2.08. The van der Waals surface area contributed by atoms with E-state index in [0.717, 1.165) is 22.7 Å².